The summed E-state index contributed by atoms with van der Waals surface area (Å²) in [4.78, 5) is 33.1. The maximum atomic E-state index is 12.1. The number of aromatic hydroxyl groups is 1. The van der Waals surface area contributed by atoms with E-state index in [0.717, 1.165) is 12.8 Å². The Kier molecular flexibility index (Phi) is 5.49. The molecule has 23 heavy (non-hydrogen) atoms. The molecule has 8 heteroatoms. The van der Waals surface area contributed by atoms with Crippen molar-refractivity contribution in [3.63, 3.8) is 0 Å². The predicted octanol–water partition coefficient (Wildman–Crippen LogP) is -0.114. The molecule has 0 saturated carbocycles. The number of likely N-dealkylation sites (tertiary alicyclic amines) is 1. The Morgan fingerprint density at radius 3 is 2.61 bits per heavy atom. The molecule has 1 aliphatic heterocycles. The molecule has 1 fully saturated rings. The Morgan fingerprint density at radius 2 is 2.04 bits per heavy atom. The van der Waals surface area contributed by atoms with Crippen molar-refractivity contribution in [2.75, 3.05) is 13.1 Å². The van der Waals surface area contributed by atoms with Gasteiger partial charge in [0, 0.05) is 25.3 Å². The van der Waals surface area contributed by atoms with Gasteiger partial charge in [-0.1, -0.05) is 0 Å². The van der Waals surface area contributed by atoms with Crippen LogP contribution in [0.2, 0.25) is 0 Å². The zero-order valence-electron chi connectivity index (χ0n) is 13.4. The van der Waals surface area contributed by atoms with Crippen molar-refractivity contribution in [1.29, 1.82) is 0 Å². The molecular formula is C15H23N5O3. The molecule has 0 aliphatic carbocycles. The van der Waals surface area contributed by atoms with E-state index in [-0.39, 0.29) is 29.3 Å². The zero-order valence-corrected chi connectivity index (χ0v) is 13.4. The molecule has 0 radical (unpaired) electrons. The fourth-order valence-electron chi connectivity index (χ4n) is 2.79. The summed E-state index contributed by atoms with van der Waals surface area (Å²) in [5, 5.41) is 12.5. The van der Waals surface area contributed by atoms with Crippen molar-refractivity contribution < 1.29 is 14.7 Å². The van der Waals surface area contributed by atoms with Crippen LogP contribution in [0.3, 0.4) is 0 Å². The van der Waals surface area contributed by atoms with Gasteiger partial charge >= 0.3 is 0 Å². The van der Waals surface area contributed by atoms with Gasteiger partial charge in [-0.15, -0.1) is 0 Å². The molecule has 1 aromatic heterocycles. The second-order valence-corrected chi connectivity index (χ2v) is 5.97. The molecule has 8 nitrogen and oxygen atoms in total. The van der Waals surface area contributed by atoms with Crippen LogP contribution in [0.5, 0.6) is 5.88 Å². The van der Waals surface area contributed by atoms with Crippen molar-refractivity contribution in [3.05, 3.63) is 18.1 Å². The number of hydrogen-bond acceptors (Lipinski definition) is 6. The summed E-state index contributed by atoms with van der Waals surface area (Å²) in [6.07, 6.45) is 4.07. The van der Waals surface area contributed by atoms with Gasteiger partial charge < -0.3 is 21.1 Å². The summed E-state index contributed by atoms with van der Waals surface area (Å²) in [5.41, 5.74) is 5.68. The molecular weight excluding hydrogens is 298 g/mol. The van der Waals surface area contributed by atoms with Gasteiger partial charge in [-0.05, 0) is 32.6 Å². The van der Waals surface area contributed by atoms with E-state index in [2.05, 4.69) is 15.3 Å². The number of rotatable bonds is 4. The lowest BCUT2D eigenvalue weighted by atomic mass is 9.90. The molecule has 2 rings (SSSR count). The van der Waals surface area contributed by atoms with Gasteiger partial charge in [0.1, 0.15) is 11.9 Å². The topological polar surface area (TPSA) is 121 Å². The van der Waals surface area contributed by atoms with Crippen LogP contribution in [0.4, 0.5) is 0 Å². The predicted molar refractivity (Wildman–Crippen MR) is 83.6 cm³/mol. The average molecular weight is 321 g/mol. The van der Waals surface area contributed by atoms with Crippen LogP contribution in [0, 0.1) is 5.92 Å². The van der Waals surface area contributed by atoms with E-state index in [0.29, 0.717) is 13.1 Å². The van der Waals surface area contributed by atoms with E-state index in [1.54, 1.807) is 11.8 Å². The highest BCUT2D eigenvalue weighted by Gasteiger charge is 2.28. The van der Waals surface area contributed by atoms with Crippen LogP contribution < -0.4 is 11.1 Å². The standard InChI is InChI=1S/C15H23N5O3/c1-9(16)15(23)20-5-3-11(4-6-20)10(2)19-14(22)12-7-17-8-18-13(12)21/h7-11H,3-6,16H2,1-2H3,(H,19,22)(H,17,18,21)/t9-,10?/m0/s1. The zero-order chi connectivity index (χ0) is 17.0. The van der Waals surface area contributed by atoms with Crippen molar-refractivity contribution in [1.82, 2.24) is 20.2 Å². The summed E-state index contributed by atoms with van der Waals surface area (Å²) >= 11 is 0. The van der Waals surface area contributed by atoms with Crippen LogP contribution in [-0.4, -0.2) is 57.0 Å². The average Bonchev–Trinajstić information content (AvgIpc) is 2.54. The number of hydrogen-bond donors (Lipinski definition) is 3. The first-order valence-electron chi connectivity index (χ1n) is 7.74. The minimum Gasteiger partial charge on any atom is -0.493 e. The smallest absolute Gasteiger partial charge is 0.258 e. The summed E-state index contributed by atoms with van der Waals surface area (Å²) in [6, 6.07) is -0.556. The first kappa shape index (κ1) is 17.1. The number of piperidine rings is 1. The van der Waals surface area contributed by atoms with Crippen molar-refractivity contribution >= 4 is 11.8 Å². The minimum absolute atomic E-state index is 0.0357. The third-order valence-electron chi connectivity index (χ3n) is 4.24. The van der Waals surface area contributed by atoms with Gasteiger partial charge in [0.25, 0.3) is 5.91 Å². The Bertz CT molecular complexity index is 570. The number of carbonyl (C=O) groups is 2. The van der Waals surface area contributed by atoms with E-state index in [9.17, 15) is 14.7 Å². The molecule has 0 bridgehead atoms. The van der Waals surface area contributed by atoms with Crippen LogP contribution in [-0.2, 0) is 4.79 Å². The first-order chi connectivity index (χ1) is 10.9. The van der Waals surface area contributed by atoms with Crippen LogP contribution >= 0.6 is 0 Å². The molecule has 1 saturated heterocycles. The normalized spacial score (nSPS) is 18.3. The van der Waals surface area contributed by atoms with Gasteiger partial charge in [-0.3, -0.25) is 9.59 Å². The number of aromatic nitrogens is 2. The third kappa shape index (κ3) is 4.16. The fraction of sp³-hybridized carbons (Fsp3) is 0.600. The third-order valence-corrected chi connectivity index (χ3v) is 4.24. The van der Waals surface area contributed by atoms with Crippen molar-refractivity contribution in [2.24, 2.45) is 11.7 Å². The fourth-order valence-corrected chi connectivity index (χ4v) is 2.79. The number of nitrogens with zero attached hydrogens (tertiary/aromatic N) is 3. The molecule has 2 amide bonds. The quantitative estimate of drug-likeness (QED) is 0.711. The van der Waals surface area contributed by atoms with Gasteiger partial charge in [0.15, 0.2) is 0 Å². The minimum atomic E-state index is -0.482. The number of carbonyl (C=O) groups excluding carboxylic acids is 2. The summed E-state index contributed by atoms with van der Waals surface area (Å²) in [6.45, 7) is 4.90. The molecule has 2 atom stereocenters. The number of nitrogens with two attached hydrogens (primary N) is 1. The summed E-state index contributed by atoms with van der Waals surface area (Å²) in [7, 11) is 0. The van der Waals surface area contributed by atoms with Gasteiger partial charge in [-0.25, -0.2) is 9.97 Å². The van der Waals surface area contributed by atoms with Crippen LogP contribution in [0.15, 0.2) is 12.5 Å². The highest BCUT2D eigenvalue weighted by molar-refractivity contribution is 5.96. The Hall–Kier alpha value is -2.22. The lowest BCUT2D eigenvalue weighted by molar-refractivity contribution is -0.133. The second kappa shape index (κ2) is 7.36. The second-order valence-electron chi connectivity index (χ2n) is 5.97. The highest BCUT2D eigenvalue weighted by Crippen LogP contribution is 2.21. The van der Waals surface area contributed by atoms with E-state index < -0.39 is 11.9 Å². The number of amides is 2. The number of nitrogens with one attached hydrogen (secondary N) is 1. The monoisotopic (exact) mass is 321 g/mol. The molecule has 2 heterocycles. The maximum absolute atomic E-state index is 12.1. The largest absolute Gasteiger partial charge is 0.493 e. The van der Waals surface area contributed by atoms with Gasteiger partial charge in [-0.2, -0.15) is 0 Å². The lowest BCUT2D eigenvalue weighted by Crippen LogP contribution is -2.49. The summed E-state index contributed by atoms with van der Waals surface area (Å²) in [5.74, 6) is -0.499. The van der Waals surface area contributed by atoms with Gasteiger partial charge in [0.05, 0.1) is 6.04 Å². The molecule has 4 N–H and O–H groups in total. The van der Waals surface area contributed by atoms with Crippen molar-refractivity contribution in [2.45, 2.75) is 38.8 Å². The van der Waals surface area contributed by atoms with E-state index >= 15 is 0 Å². The summed E-state index contributed by atoms with van der Waals surface area (Å²) < 4.78 is 0. The maximum Gasteiger partial charge on any atom is 0.258 e. The molecule has 1 aromatic rings. The van der Waals surface area contributed by atoms with Crippen LogP contribution in [0.1, 0.15) is 37.0 Å². The van der Waals surface area contributed by atoms with Gasteiger partial charge in [0.2, 0.25) is 11.8 Å². The molecule has 0 spiro atoms. The van der Waals surface area contributed by atoms with Crippen LogP contribution in [0.25, 0.3) is 0 Å². The molecule has 1 aliphatic rings. The van der Waals surface area contributed by atoms with E-state index in [4.69, 9.17) is 5.73 Å². The Balaban J connectivity index is 1.88. The Morgan fingerprint density at radius 1 is 1.39 bits per heavy atom. The SMILES string of the molecule is CC(NC(=O)c1cncnc1O)C1CCN(C(=O)[C@H](C)N)CC1. The lowest BCUT2D eigenvalue weighted by Gasteiger charge is -2.35. The molecule has 1 unspecified atom stereocenters. The van der Waals surface area contributed by atoms with Crippen molar-refractivity contribution in [3.8, 4) is 5.88 Å². The molecule has 126 valence electrons. The van der Waals surface area contributed by atoms with E-state index in [1.807, 2.05) is 6.92 Å². The molecule has 0 aromatic carbocycles. The van der Waals surface area contributed by atoms with E-state index in [1.165, 1.54) is 12.5 Å². The first-order valence-corrected chi connectivity index (χ1v) is 7.74. The highest BCUT2D eigenvalue weighted by atomic mass is 16.3. The Labute approximate surface area is 135 Å².